The summed E-state index contributed by atoms with van der Waals surface area (Å²) in [6, 6.07) is 8.01. The van der Waals surface area contributed by atoms with Crippen molar-refractivity contribution in [3.63, 3.8) is 0 Å². The number of nitrogens with zero attached hydrogens (tertiary/aromatic N) is 2. The number of likely N-dealkylation sites (tertiary alicyclic amines) is 1. The summed E-state index contributed by atoms with van der Waals surface area (Å²) in [5.41, 5.74) is 2.02. The molecule has 1 aliphatic rings. The van der Waals surface area contributed by atoms with E-state index in [0.717, 1.165) is 49.4 Å². The normalized spacial score (nSPS) is 19.6. The van der Waals surface area contributed by atoms with Gasteiger partial charge in [0.15, 0.2) is 0 Å². The average molecular weight is 347 g/mol. The number of para-hydroxylation sites is 2. The highest BCUT2D eigenvalue weighted by Crippen LogP contribution is 2.28. The molecule has 2 aromatic rings. The van der Waals surface area contributed by atoms with E-state index in [1.165, 1.54) is 0 Å². The highest BCUT2D eigenvalue weighted by Gasteiger charge is 2.24. The fraction of sp³-hybridized carbons (Fsp3) is 0.556. The second-order valence-electron chi connectivity index (χ2n) is 6.40. The molecule has 24 heavy (non-hydrogen) atoms. The van der Waals surface area contributed by atoms with Gasteiger partial charge in [0.05, 0.1) is 28.6 Å². The molecule has 0 bridgehead atoms. The van der Waals surface area contributed by atoms with Gasteiger partial charge in [-0.2, -0.15) is 0 Å². The standard InChI is InChI=1S/C18H25N3O2S/c1-13(18-19-15-7-3-4-8-16(15)20-18)24-12-17(22)21-9-5-6-14(10-21)11-23-2/h3-4,7-8,13-14H,5-6,9-12H2,1-2H3,(H,19,20)/t13-,14+/m0/s1. The zero-order chi connectivity index (χ0) is 16.9. The van der Waals surface area contributed by atoms with Crippen LogP contribution in [0.25, 0.3) is 11.0 Å². The van der Waals surface area contributed by atoms with Crippen LogP contribution in [0, 0.1) is 5.92 Å². The second kappa shape index (κ2) is 8.03. The van der Waals surface area contributed by atoms with Gasteiger partial charge >= 0.3 is 0 Å². The molecule has 0 saturated carbocycles. The zero-order valence-electron chi connectivity index (χ0n) is 14.3. The van der Waals surface area contributed by atoms with Gasteiger partial charge in [0, 0.05) is 20.2 Å². The van der Waals surface area contributed by atoms with Crippen molar-refractivity contribution in [1.29, 1.82) is 0 Å². The molecule has 1 amide bonds. The predicted molar refractivity (Wildman–Crippen MR) is 98.1 cm³/mol. The Morgan fingerprint density at radius 3 is 3.12 bits per heavy atom. The van der Waals surface area contributed by atoms with Crippen LogP contribution in [0.4, 0.5) is 0 Å². The Bertz CT molecular complexity index is 653. The molecule has 3 rings (SSSR count). The lowest BCUT2D eigenvalue weighted by Gasteiger charge is -2.32. The second-order valence-corrected chi connectivity index (χ2v) is 7.72. The maximum Gasteiger partial charge on any atom is 0.232 e. The Labute approximate surface area is 147 Å². The minimum absolute atomic E-state index is 0.168. The average Bonchev–Trinajstić information content (AvgIpc) is 3.04. The summed E-state index contributed by atoms with van der Waals surface area (Å²) in [6.45, 7) is 4.54. The number of benzene rings is 1. The summed E-state index contributed by atoms with van der Waals surface area (Å²) in [6.07, 6.45) is 2.23. The van der Waals surface area contributed by atoms with Gasteiger partial charge < -0.3 is 14.6 Å². The number of amides is 1. The topological polar surface area (TPSA) is 58.2 Å². The molecule has 0 spiro atoms. The van der Waals surface area contributed by atoms with Crippen molar-refractivity contribution in [3.8, 4) is 0 Å². The molecular weight excluding hydrogens is 322 g/mol. The predicted octanol–water partition coefficient (Wildman–Crippen LogP) is 3.24. The number of aromatic amines is 1. The van der Waals surface area contributed by atoms with Crippen LogP contribution < -0.4 is 0 Å². The third-order valence-electron chi connectivity index (χ3n) is 4.52. The third-order valence-corrected chi connectivity index (χ3v) is 5.66. The van der Waals surface area contributed by atoms with E-state index in [0.29, 0.717) is 11.7 Å². The molecule has 1 aliphatic heterocycles. The number of thioether (sulfide) groups is 1. The molecule has 2 atom stereocenters. The van der Waals surface area contributed by atoms with Gasteiger partial charge in [-0.3, -0.25) is 4.79 Å². The van der Waals surface area contributed by atoms with Crippen molar-refractivity contribution in [2.45, 2.75) is 25.0 Å². The Kier molecular flexibility index (Phi) is 5.79. The SMILES string of the molecule is COC[C@@H]1CCCN(C(=O)CS[C@@H](C)c2nc3ccccc3[nH]2)C1. The Hall–Kier alpha value is -1.53. The fourth-order valence-corrected chi connectivity index (χ4v) is 4.04. The number of hydrogen-bond acceptors (Lipinski definition) is 4. The van der Waals surface area contributed by atoms with Gasteiger partial charge in [-0.25, -0.2) is 4.98 Å². The van der Waals surface area contributed by atoms with Crippen molar-refractivity contribution < 1.29 is 9.53 Å². The molecule has 1 aromatic carbocycles. The van der Waals surface area contributed by atoms with E-state index in [9.17, 15) is 4.79 Å². The summed E-state index contributed by atoms with van der Waals surface area (Å²) < 4.78 is 5.24. The number of carbonyl (C=O) groups excluding carboxylic acids is 1. The van der Waals surface area contributed by atoms with Gasteiger partial charge in [-0.1, -0.05) is 12.1 Å². The number of hydrogen-bond donors (Lipinski definition) is 1. The number of fused-ring (bicyclic) bond motifs is 1. The summed E-state index contributed by atoms with van der Waals surface area (Å²) >= 11 is 1.64. The van der Waals surface area contributed by atoms with Gasteiger partial charge in [0.2, 0.25) is 5.91 Å². The molecule has 0 unspecified atom stereocenters. The van der Waals surface area contributed by atoms with E-state index in [4.69, 9.17) is 4.74 Å². The highest BCUT2D eigenvalue weighted by atomic mass is 32.2. The number of carbonyl (C=O) groups is 1. The van der Waals surface area contributed by atoms with Gasteiger partial charge in [0.1, 0.15) is 5.82 Å². The number of methoxy groups -OCH3 is 1. The number of nitrogens with one attached hydrogen (secondary N) is 1. The van der Waals surface area contributed by atoms with Crippen molar-refractivity contribution >= 4 is 28.7 Å². The Morgan fingerprint density at radius 1 is 1.50 bits per heavy atom. The van der Waals surface area contributed by atoms with Crippen LogP contribution >= 0.6 is 11.8 Å². The number of imidazole rings is 1. The van der Waals surface area contributed by atoms with Crippen molar-refractivity contribution in [2.24, 2.45) is 5.92 Å². The Balaban J connectivity index is 1.53. The first-order valence-electron chi connectivity index (χ1n) is 8.50. The molecule has 2 heterocycles. The van der Waals surface area contributed by atoms with Gasteiger partial charge in [-0.15, -0.1) is 11.8 Å². The first-order valence-corrected chi connectivity index (χ1v) is 9.55. The summed E-state index contributed by atoms with van der Waals surface area (Å²) in [4.78, 5) is 22.5. The van der Waals surface area contributed by atoms with E-state index in [1.54, 1.807) is 18.9 Å². The van der Waals surface area contributed by atoms with Crippen molar-refractivity contribution in [1.82, 2.24) is 14.9 Å². The van der Waals surface area contributed by atoms with Crippen LogP contribution in [0.3, 0.4) is 0 Å². The van der Waals surface area contributed by atoms with Gasteiger partial charge in [0.25, 0.3) is 0 Å². The lowest BCUT2D eigenvalue weighted by atomic mass is 9.99. The van der Waals surface area contributed by atoms with E-state index in [2.05, 4.69) is 16.9 Å². The summed E-state index contributed by atoms with van der Waals surface area (Å²) in [5, 5.41) is 0.168. The van der Waals surface area contributed by atoms with Crippen LogP contribution in [-0.4, -0.2) is 53.3 Å². The van der Waals surface area contributed by atoms with Crippen LogP contribution in [0.5, 0.6) is 0 Å². The monoisotopic (exact) mass is 347 g/mol. The van der Waals surface area contributed by atoms with E-state index < -0.39 is 0 Å². The van der Waals surface area contributed by atoms with Gasteiger partial charge in [-0.05, 0) is 37.8 Å². The number of rotatable bonds is 6. The zero-order valence-corrected chi connectivity index (χ0v) is 15.1. The maximum atomic E-state index is 12.5. The van der Waals surface area contributed by atoms with E-state index >= 15 is 0 Å². The molecule has 0 radical (unpaired) electrons. The van der Waals surface area contributed by atoms with Crippen LogP contribution in [-0.2, 0) is 9.53 Å². The Morgan fingerprint density at radius 2 is 2.33 bits per heavy atom. The van der Waals surface area contributed by atoms with E-state index in [1.807, 2.05) is 29.2 Å². The van der Waals surface area contributed by atoms with Crippen LogP contribution in [0.2, 0.25) is 0 Å². The number of aromatic nitrogens is 2. The lowest BCUT2D eigenvalue weighted by Crippen LogP contribution is -2.42. The fourth-order valence-electron chi connectivity index (χ4n) is 3.19. The molecule has 0 aliphatic carbocycles. The molecular formula is C18H25N3O2S. The van der Waals surface area contributed by atoms with Crippen molar-refractivity contribution in [2.75, 3.05) is 32.6 Å². The number of H-pyrrole nitrogens is 1. The minimum Gasteiger partial charge on any atom is -0.384 e. The highest BCUT2D eigenvalue weighted by molar-refractivity contribution is 8.00. The molecule has 1 N–H and O–H groups in total. The minimum atomic E-state index is 0.168. The van der Waals surface area contributed by atoms with E-state index in [-0.39, 0.29) is 11.2 Å². The quantitative estimate of drug-likeness (QED) is 0.871. The third kappa shape index (κ3) is 4.11. The lowest BCUT2D eigenvalue weighted by molar-refractivity contribution is -0.130. The largest absolute Gasteiger partial charge is 0.384 e. The summed E-state index contributed by atoms with van der Waals surface area (Å²) in [7, 11) is 1.73. The summed E-state index contributed by atoms with van der Waals surface area (Å²) in [5.74, 6) is 2.14. The molecule has 1 aromatic heterocycles. The maximum absolute atomic E-state index is 12.5. The van der Waals surface area contributed by atoms with Crippen LogP contribution in [0.1, 0.15) is 30.8 Å². The molecule has 6 heteroatoms. The smallest absolute Gasteiger partial charge is 0.232 e. The van der Waals surface area contributed by atoms with Crippen LogP contribution in [0.15, 0.2) is 24.3 Å². The molecule has 130 valence electrons. The first kappa shape index (κ1) is 17.3. The van der Waals surface area contributed by atoms with Crippen molar-refractivity contribution in [3.05, 3.63) is 30.1 Å². The first-order chi connectivity index (χ1) is 11.7. The molecule has 1 fully saturated rings. The molecule has 5 nitrogen and oxygen atoms in total. The molecule has 1 saturated heterocycles. The number of piperidine rings is 1. The number of ether oxygens (including phenoxy) is 1.